The predicted molar refractivity (Wildman–Crippen MR) is 72.6 cm³/mol. The molecular weight excluding hydrogens is 230 g/mol. The molecule has 1 saturated carbocycles. The predicted octanol–water partition coefficient (Wildman–Crippen LogP) is 3.17. The maximum atomic E-state index is 10.7. The number of nitro benzene ring substituents is 1. The van der Waals surface area contributed by atoms with E-state index in [1.165, 1.54) is 31.7 Å². The molecular formula is C13H19N3O2. The summed E-state index contributed by atoms with van der Waals surface area (Å²) < 4.78 is 0. The van der Waals surface area contributed by atoms with Gasteiger partial charge in [0.1, 0.15) is 5.69 Å². The fraction of sp³-hybridized carbons (Fsp3) is 0.538. The molecule has 98 valence electrons. The number of nitrogens with two attached hydrogens (primary N) is 1. The molecule has 18 heavy (non-hydrogen) atoms. The number of nitrogen functional groups attached to an aromatic ring is 1. The number of benzene rings is 1. The van der Waals surface area contributed by atoms with Gasteiger partial charge in [0.25, 0.3) is 5.69 Å². The lowest BCUT2D eigenvalue weighted by molar-refractivity contribution is -0.383. The van der Waals surface area contributed by atoms with Crippen LogP contribution in [0.4, 0.5) is 17.1 Å². The highest BCUT2D eigenvalue weighted by atomic mass is 16.6. The van der Waals surface area contributed by atoms with Crippen molar-refractivity contribution < 1.29 is 4.92 Å². The SMILES string of the molecule is CC1(CNc2ccc([N+](=O)[O-])c(N)c2)CCCC1. The van der Waals surface area contributed by atoms with Crippen LogP contribution < -0.4 is 11.1 Å². The zero-order valence-corrected chi connectivity index (χ0v) is 10.6. The maximum Gasteiger partial charge on any atom is 0.292 e. The number of hydrogen-bond donors (Lipinski definition) is 2. The van der Waals surface area contributed by atoms with E-state index in [2.05, 4.69) is 12.2 Å². The van der Waals surface area contributed by atoms with Gasteiger partial charge >= 0.3 is 0 Å². The molecule has 0 amide bonds. The van der Waals surface area contributed by atoms with Gasteiger partial charge in [0.2, 0.25) is 0 Å². The van der Waals surface area contributed by atoms with Crippen LogP contribution in [0.3, 0.4) is 0 Å². The van der Waals surface area contributed by atoms with Crippen molar-refractivity contribution in [1.82, 2.24) is 0 Å². The van der Waals surface area contributed by atoms with E-state index in [1.54, 1.807) is 12.1 Å². The topological polar surface area (TPSA) is 81.2 Å². The van der Waals surface area contributed by atoms with Gasteiger partial charge in [0.15, 0.2) is 0 Å². The summed E-state index contributed by atoms with van der Waals surface area (Å²) in [6.45, 7) is 3.17. The normalized spacial score (nSPS) is 17.6. The monoisotopic (exact) mass is 249 g/mol. The van der Waals surface area contributed by atoms with Gasteiger partial charge in [-0.15, -0.1) is 0 Å². The number of nitrogens with one attached hydrogen (secondary N) is 1. The molecule has 1 fully saturated rings. The summed E-state index contributed by atoms with van der Waals surface area (Å²) >= 11 is 0. The van der Waals surface area contributed by atoms with E-state index in [0.717, 1.165) is 12.2 Å². The second-order valence-corrected chi connectivity index (χ2v) is 5.40. The largest absolute Gasteiger partial charge is 0.393 e. The molecule has 1 aromatic rings. The Morgan fingerprint density at radius 3 is 2.67 bits per heavy atom. The van der Waals surface area contributed by atoms with Crippen LogP contribution in [-0.2, 0) is 0 Å². The van der Waals surface area contributed by atoms with Crippen molar-refractivity contribution in [3.63, 3.8) is 0 Å². The van der Waals surface area contributed by atoms with Crippen LogP contribution in [0.2, 0.25) is 0 Å². The Balaban J connectivity index is 2.02. The molecule has 0 aliphatic heterocycles. The van der Waals surface area contributed by atoms with Gasteiger partial charge in [-0.2, -0.15) is 0 Å². The quantitative estimate of drug-likeness (QED) is 0.488. The summed E-state index contributed by atoms with van der Waals surface area (Å²) in [5, 5.41) is 14.0. The molecule has 0 atom stereocenters. The first-order chi connectivity index (χ1) is 8.50. The van der Waals surface area contributed by atoms with E-state index in [9.17, 15) is 10.1 Å². The van der Waals surface area contributed by atoms with Crippen molar-refractivity contribution in [2.45, 2.75) is 32.6 Å². The Labute approximate surface area is 107 Å². The molecule has 0 spiro atoms. The summed E-state index contributed by atoms with van der Waals surface area (Å²) in [4.78, 5) is 10.2. The number of nitro groups is 1. The van der Waals surface area contributed by atoms with Crippen LogP contribution in [-0.4, -0.2) is 11.5 Å². The Hall–Kier alpha value is -1.78. The Morgan fingerprint density at radius 2 is 2.11 bits per heavy atom. The first kappa shape index (κ1) is 12.7. The van der Waals surface area contributed by atoms with Gasteiger partial charge in [-0.3, -0.25) is 10.1 Å². The van der Waals surface area contributed by atoms with Crippen molar-refractivity contribution in [2.75, 3.05) is 17.6 Å². The summed E-state index contributed by atoms with van der Waals surface area (Å²) in [6, 6.07) is 4.80. The highest BCUT2D eigenvalue weighted by Gasteiger charge is 2.28. The molecule has 0 bridgehead atoms. The first-order valence-electron chi connectivity index (χ1n) is 6.28. The Morgan fingerprint density at radius 1 is 1.44 bits per heavy atom. The molecule has 3 N–H and O–H groups in total. The summed E-state index contributed by atoms with van der Waals surface area (Å²) in [7, 11) is 0. The van der Waals surface area contributed by atoms with E-state index in [1.807, 2.05) is 0 Å². The van der Waals surface area contributed by atoms with Gasteiger partial charge in [-0.1, -0.05) is 19.8 Å². The van der Waals surface area contributed by atoms with Gasteiger partial charge in [0.05, 0.1) is 4.92 Å². The Kier molecular flexibility index (Phi) is 3.41. The van der Waals surface area contributed by atoms with Crippen molar-refractivity contribution >= 4 is 17.1 Å². The molecule has 2 rings (SSSR count). The van der Waals surface area contributed by atoms with Crippen molar-refractivity contribution in [2.24, 2.45) is 5.41 Å². The first-order valence-corrected chi connectivity index (χ1v) is 6.28. The molecule has 0 heterocycles. The minimum atomic E-state index is -0.461. The lowest BCUT2D eigenvalue weighted by Crippen LogP contribution is -2.22. The maximum absolute atomic E-state index is 10.7. The van der Waals surface area contributed by atoms with Crippen LogP contribution in [0, 0.1) is 15.5 Å². The minimum absolute atomic E-state index is 0.0346. The van der Waals surface area contributed by atoms with Gasteiger partial charge in [-0.05, 0) is 30.4 Å². The molecule has 5 nitrogen and oxygen atoms in total. The molecule has 0 unspecified atom stereocenters. The number of hydrogen-bond acceptors (Lipinski definition) is 4. The molecule has 0 saturated heterocycles. The lowest BCUT2D eigenvalue weighted by Gasteiger charge is -2.24. The van der Waals surface area contributed by atoms with E-state index in [0.29, 0.717) is 5.41 Å². The van der Waals surface area contributed by atoms with Crippen molar-refractivity contribution in [1.29, 1.82) is 0 Å². The van der Waals surface area contributed by atoms with E-state index in [-0.39, 0.29) is 11.4 Å². The number of anilines is 2. The summed E-state index contributed by atoms with van der Waals surface area (Å²) in [5.74, 6) is 0. The molecule has 1 aromatic carbocycles. The molecule has 5 heteroatoms. The van der Waals surface area contributed by atoms with E-state index in [4.69, 9.17) is 5.73 Å². The highest BCUT2D eigenvalue weighted by molar-refractivity contribution is 5.65. The van der Waals surface area contributed by atoms with Crippen LogP contribution in [0.5, 0.6) is 0 Å². The molecule has 0 radical (unpaired) electrons. The van der Waals surface area contributed by atoms with E-state index < -0.39 is 4.92 Å². The average Bonchev–Trinajstić information content (AvgIpc) is 2.74. The van der Waals surface area contributed by atoms with Crippen LogP contribution in [0.25, 0.3) is 0 Å². The van der Waals surface area contributed by atoms with Crippen LogP contribution in [0.1, 0.15) is 32.6 Å². The van der Waals surface area contributed by atoms with Gasteiger partial charge < -0.3 is 11.1 Å². The smallest absolute Gasteiger partial charge is 0.292 e. The third kappa shape index (κ3) is 2.72. The standard InChI is InChI=1S/C13H19N3O2/c1-13(6-2-3-7-13)9-15-10-4-5-12(16(17)18)11(14)8-10/h4-5,8,15H,2-3,6-7,9,14H2,1H3. The summed E-state index contributed by atoms with van der Waals surface area (Å²) in [5.41, 5.74) is 7.03. The van der Waals surface area contributed by atoms with Crippen molar-refractivity contribution in [3.8, 4) is 0 Å². The zero-order chi connectivity index (χ0) is 13.2. The second kappa shape index (κ2) is 4.84. The second-order valence-electron chi connectivity index (χ2n) is 5.40. The fourth-order valence-corrected chi connectivity index (χ4v) is 2.55. The third-order valence-electron chi connectivity index (χ3n) is 3.75. The van der Waals surface area contributed by atoms with Crippen molar-refractivity contribution in [3.05, 3.63) is 28.3 Å². The number of rotatable bonds is 4. The summed E-state index contributed by atoms with van der Waals surface area (Å²) in [6.07, 6.45) is 5.06. The number of nitrogens with zero attached hydrogens (tertiary/aromatic N) is 1. The van der Waals surface area contributed by atoms with Gasteiger partial charge in [-0.25, -0.2) is 0 Å². The highest BCUT2D eigenvalue weighted by Crippen LogP contribution is 2.37. The zero-order valence-electron chi connectivity index (χ0n) is 10.6. The third-order valence-corrected chi connectivity index (χ3v) is 3.75. The van der Waals surface area contributed by atoms with Crippen LogP contribution >= 0.6 is 0 Å². The van der Waals surface area contributed by atoms with E-state index >= 15 is 0 Å². The Bertz CT molecular complexity index is 454. The molecule has 1 aliphatic rings. The minimum Gasteiger partial charge on any atom is -0.393 e. The lowest BCUT2D eigenvalue weighted by atomic mass is 9.89. The molecule has 1 aliphatic carbocycles. The van der Waals surface area contributed by atoms with Crippen LogP contribution in [0.15, 0.2) is 18.2 Å². The average molecular weight is 249 g/mol. The fourth-order valence-electron chi connectivity index (χ4n) is 2.55. The van der Waals surface area contributed by atoms with Gasteiger partial charge in [0, 0.05) is 18.3 Å². The molecule has 0 aromatic heterocycles.